The van der Waals surface area contributed by atoms with Gasteiger partial charge in [-0.2, -0.15) is 0 Å². The van der Waals surface area contributed by atoms with Crippen LogP contribution in [-0.2, 0) is 9.59 Å². The molecular weight excluding hydrogens is 281 g/mol. The largest absolute Gasteiger partial charge is 0.493 e. The first-order chi connectivity index (χ1) is 8.49. The van der Waals surface area contributed by atoms with E-state index >= 15 is 0 Å². The van der Waals surface area contributed by atoms with Crippen LogP contribution in [0.3, 0.4) is 0 Å². The van der Waals surface area contributed by atoms with E-state index in [1.54, 1.807) is 18.2 Å². The van der Waals surface area contributed by atoms with Crippen molar-refractivity contribution in [1.82, 2.24) is 5.32 Å². The molecule has 0 aliphatic rings. The standard InChI is InChI=1S/C11H11Cl2NO4/c12-8-2-1-7(5-9(8)13)18-4-3-10(15)14-6-11(16)17/h1-2,5H,3-4,6H2,(H,14,15)(H,16,17). The van der Waals surface area contributed by atoms with E-state index in [0.29, 0.717) is 15.8 Å². The molecule has 1 rings (SSSR count). The number of amides is 1. The number of hydrogen-bond acceptors (Lipinski definition) is 3. The molecule has 7 heteroatoms. The Morgan fingerprint density at radius 1 is 1.28 bits per heavy atom. The average Bonchev–Trinajstić information content (AvgIpc) is 2.31. The van der Waals surface area contributed by atoms with E-state index in [9.17, 15) is 9.59 Å². The van der Waals surface area contributed by atoms with Crippen LogP contribution < -0.4 is 10.1 Å². The molecule has 1 amide bonds. The van der Waals surface area contributed by atoms with Crippen molar-refractivity contribution >= 4 is 35.1 Å². The first-order valence-corrected chi connectivity index (χ1v) is 5.81. The van der Waals surface area contributed by atoms with Crippen molar-refractivity contribution in [3.8, 4) is 5.75 Å². The minimum atomic E-state index is -1.09. The summed E-state index contributed by atoms with van der Waals surface area (Å²) in [5.41, 5.74) is 0. The second-order valence-electron chi connectivity index (χ2n) is 3.34. The Balaban J connectivity index is 2.30. The van der Waals surface area contributed by atoms with Gasteiger partial charge in [0.25, 0.3) is 0 Å². The van der Waals surface area contributed by atoms with Gasteiger partial charge in [0.2, 0.25) is 5.91 Å². The van der Waals surface area contributed by atoms with Crippen molar-refractivity contribution in [1.29, 1.82) is 0 Å². The van der Waals surface area contributed by atoms with Gasteiger partial charge < -0.3 is 15.2 Å². The Morgan fingerprint density at radius 2 is 2.00 bits per heavy atom. The summed E-state index contributed by atoms with van der Waals surface area (Å²) in [6, 6.07) is 4.76. The molecule has 0 fully saturated rings. The Kier molecular flexibility index (Phi) is 5.74. The monoisotopic (exact) mass is 291 g/mol. The summed E-state index contributed by atoms with van der Waals surface area (Å²) in [4.78, 5) is 21.4. The maximum absolute atomic E-state index is 11.2. The molecule has 0 heterocycles. The third-order valence-corrected chi connectivity index (χ3v) is 2.66. The molecule has 5 nitrogen and oxygen atoms in total. The van der Waals surface area contributed by atoms with Crippen molar-refractivity contribution in [2.75, 3.05) is 13.2 Å². The predicted octanol–water partition coefficient (Wildman–Crippen LogP) is 1.96. The maximum atomic E-state index is 11.2. The molecule has 0 spiro atoms. The van der Waals surface area contributed by atoms with E-state index in [4.69, 9.17) is 33.0 Å². The number of rotatable bonds is 6. The molecule has 0 aromatic heterocycles. The van der Waals surface area contributed by atoms with Crippen molar-refractivity contribution in [2.24, 2.45) is 0 Å². The van der Waals surface area contributed by atoms with Gasteiger partial charge in [0.05, 0.1) is 23.1 Å². The minimum Gasteiger partial charge on any atom is -0.493 e. The molecule has 0 aliphatic heterocycles. The smallest absolute Gasteiger partial charge is 0.322 e. The average molecular weight is 292 g/mol. The lowest BCUT2D eigenvalue weighted by molar-refractivity contribution is -0.138. The third kappa shape index (κ3) is 5.25. The molecule has 0 bridgehead atoms. The molecule has 0 saturated heterocycles. The number of carboxylic acids is 1. The number of carbonyl (C=O) groups excluding carboxylic acids is 1. The van der Waals surface area contributed by atoms with E-state index in [-0.39, 0.29) is 13.0 Å². The van der Waals surface area contributed by atoms with Crippen molar-refractivity contribution in [3.05, 3.63) is 28.2 Å². The number of nitrogens with one attached hydrogen (secondary N) is 1. The Bertz CT molecular complexity index is 451. The fraction of sp³-hybridized carbons (Fsp3) is 0.273. The summed E-state index contributed by atoms with van der Waals surface area (Å²) >= 11 is 11.5. The third-order valence-electron chi connectivity index (χ3n) is 1.93. The second-order valence-corrected chi connectivity index (χ2v) is 4.16. The highest BCUT2D eigenvalue weighted by Crippen LogP contribution is 2.26. The molecule has 0 saturated carbocycles. The van der Waals surface area contributed by atoms with E-state index < -0.39 is 18.4 Å². The zero-order valence-corrected chi connectivity index (χ0v) is 10.8. The van der Waals surface area contributed by atoms with Gasteiger partial charge in [0.1, 0.15) is 12.3 Å². The van der Waals surface area contributed by atoms with Crippen LogP contribution in [0.15, 0.2) is 18.2 Å². The highest BCUT2D eigenvalue weighted by molar-refractivity contribution is 6.42. The van der Waals surface area contributed by atoms with Crippen LogP contribution in [0.4, 0.5) is 0 Å². The summed E-state index contributed by atoms with van der Waals surface area (Å²) in [5.74, 6) is -0.985. The zero-order chi connectivity index (χ0) is 13.5. The van der Waals surface area contributed by atoms with Gasteiger partial charge in [-0.25, -0.2) is 0 Å². The van der Waals surface area contributed by atoms with Crippen LogP contribution in [0.2, 0.25) is 10.0 Å². The summed E-state index contributed by atoms with van der Waals surface area (Å²) in [5, 5.41) is 11.4. The van der Waals surface area contributed by atoms with Crippen LogP contribution >= 0.6 is 23.2 Å². The van der Waals surface area contributed by atoms with E-state index in [1.165, 1.54) is 0 Å². The molecule has 0 atom stereocenters. The van der Waals surface area contributed by atoms with Crippen molar-refractivity contribution in [2.45, 2.75) is 6.42 Å². The number of carbonyl (C=O) groups is 2. The highest BCUT2D eigenvalue weighted by Gasteiger charge is 2.05. The summed E-state index contributed by atoms with van der Waals surface area (Å²) < 4.78 is 5.27. The van der Waals surface area contributed by atoms with Crippen molar-refractivity contribution in [3.63, 3.8) is 0 Å². The van der Waals surface area contributed by atoms with Gasteiger partial charge >= 0.3 is 5.97 Å². The van der Waals surface area contributed by atoms with Gasteiger partial charge in [0.15, 0.2) is 0 Å². The molecule has 0 unspecified atom stereocenters. The van der Waals surface area contributed by atoms with Gasteiger partial charge in [-0.1, -0.05) is 23.2 Å². The molecular formula is C11H11Cl2NO4. The lowest BCUT2D eigenvalue weighted by Gasteiger charge is -2.07. The van der Waals surface area contributed by atoms with Gasteiger partial charge in [0, 0.05) is 6.07 Å². The lowest BCUT2D eigenvalue weighted by Crippen LogP contribution is -2.30. The highest BCUT2D eigenvalue weighted by atomic mass is 35.5. The van der Waals surface area contributed by atoms with Crippen LogP contribution in [0.25, 0.3) is 0 Å². The molecule has 1 aromatic rings. The molecule has 2 N–H and O–H groups in total. The van der Waals surface area contributed by atoms with Crippen molar-refractivity contribution < 1.29 is 19.4 Å². The summed E-state index contributed by atoms with van der Waals surface area (Å²) in [7, 11) is 0. The number of carboxylic acid groups (broad SMARTS) is 1. The fourth-order valence-corrected chi connectivity index (χ4v) is 1.38. The van der Waals surface area contributed by atoms with E-state index in [0.717, 1.165) is 0 Å². The summed E-state index contributed by atoms with van der Waals surface area (Å²) in [6.45, 7) is -0.269. The van der Waals surface area contributed by atoms with Gasteiger partial charge in [-0.15, -0.1) is 0 Å². The number of aliphatic carboxylic acids is 1. The second kappa shape index (κ2) is 7.08. The first-order valence-electron chi connectivity index (χ1n) is 5.05. The maximum Gasteiger partial charge on any atom is 0.322 e. The van der Waals surface area contributed by atoms with Gasteiger partial charge in [-0.05, 0) is 12.1 Å². The van der Waals surface area contributed by atoms with E-state index in [2.05, 4.69) is 5.32 Å². The molecule has 98 valence electrons. The Labute approximate surface area is 114 Å². The SMILES string of the molecule is O=C(O)CNC(=O)CCOc1ccc(Cl)c(Cl)c1. The number of hydrogen-bond donors (Lipinski definition) is 2. The molecule has 0 radical (unpaired) electrons. The number of benzene rings is 1. The molecule has 0 aliphatic carbocycles. The number of halogens is 2. The first kappa shape index (κ1) is 14.6. The predicted molar refractivity (Wildman–Crippen MR) is 67.2 cm³/mol. The zero-order valence-electron chi connectivity index (χ0n) is 9.28. The quantitative estimate of drug-likeness (QED) is 0.840. The van der Waals surface area contributed by atoms with Gasteiger partial charge in [-0.3, -0.25) is 9.59 Å². The minimum absolute atomic E-state index is 0.0630. The normalized spacial score (nSPS) is 9.89. The number of ether oxygens (including phenoxy) is 1. The molecule has 18 heavy (non-hydrogen) atoms. The van der Waals surface area contributed by atoms with E-state index in [1.807, 2.05) is 0 Å². The molecule has 1 aromatic carbocycles. The van der Waals surface area contributed by atoms with Crippen LogP contribution in [0.5, 0.6) is 5.75 Å². The fourth-order valence-electron chi connectivity index (χ4n) is 1.09. The van der Waals surface area contributed by atoms with Crippen LogP contribution in [0.1, 0.15) is 6.42 Å². The summed E-state index contributed by atoms with van der Waals surface area (Å²) in [6.07, 6.45) is 0.0630. The Morgan fingerprint density at radius 3 is 2.61 bits per heavy atom. The Hall–Kier alpha value is -1.46. The van der Waals surface area contributed by atoms with Crippen LogP contribution in [-0.4, -0.2) is 30.1 Å². The lowest BCUT2D eigenvalue weighted by atomic mass is 10.3. The van der Waals surface area contributed by atoms with Crippen LogP contribution in [0, 0.1) is 0 Å². The topological polar surface area (TPSA) is 75.6 Å².